The number of ether oxygens (including phenoxy) is 2. The first kappa shape index (κ1) is 19.1. The maximum atomic E-state index is 12.6. The van der Waals surface area contributed by atoms with Crippen molar-refractivity contribution in [1.82, 2.24) is 15.1 Å². The number of nitrogens with one attached hydrogen (secondary N) is 1. The van der Waals surface area contributed by atoms with Crippen LogP contribution in [0.2, 0.25) is 0 Å². The number of alkyl halides is 3. The molecule has 0 bridgehead atoms. The van der Waals surface area contributed by atoms with Gasteiger partial charge in [-0.1, -0.05) is 0 Å². The smallest absolute Gasteiger partial charge is 0.435 e. The Morgan fingerprint density at radius 3 is 2.89 bits per heavy atom. The summed E-state index contributed by atoms with van der Waals surface area (Å²) in [5.74, 6) is 0.967. The van der Waals surface area contributed by atoms with E-state index in [4.69, 9.17) is 9.47 Å². The molecule has 0 unspecified atom stereocenters. The first-order valence-electron chi connectivity index (χ1n) is 8.59. The summed E-state index contributed by atoms with van der Waals surface area (Å²) >= 11 is 0. The molecule has 1 atom stereocenters. The Hall–Kier alpha value is -2.71. The van der Waals surface area contributed by atoms with Crippen LogP contribution in [0.3, 0.4) is 0 Å². The van der Waals surface area contributed by atoms with Crippen LogP contribution in [-0.2, 0) is 30.5 Å². The maximum Gasteiger partial charge on any atom is 0.435 e. The van der Waals surface area contributed by atoms with Gasteiger partial charge in [-0.05, 0) is 32.0 Å². The second-order valence-electron chi connectivity index (χ2n) is 6.31. The van der Waals surface area contributed by atoms with Crippen LogP contribution in [0.25, 0.3) is 0 Å². The van der Waals surface area contributed by atoms with Crippen molar-refractivity contribution in [3.05, 3.63) is 41.2 Å². The van der Waals surface area contributed by atoms with Crippen molar-refractivity contribution in [1.29, 1.82) is 0 Å². The maximum absolute atomic E-state index is 12.6. The van der Waals surface area contributed by atoms with Crippen molar-refractivity contribution in [2.24, 2.45) is 0 Å². The molecule has 27 heavy (non-hydrogen) atoms. The standard InChI is InChI=1S/C18H20F3N3O3/c1-3-26-14-7-12-6-11(2)27-15(12)8-13(14)9-22-17(25)10-24-5-4-16(23-24)18(19,20)21/h4-5,7-8,11H,3,6,9-10H2,1-2H3,(H,22,25)/t11-/m0/s1. The van der Waals surface area contributed by atoms with Gasteiger partial charge in [-0.3, -0.25) is 9.48 Å². The van der Waals surface area contributed by atoms with Crippen LogP contribution in [0.15, 0.2) is 24.4 Å². The van der Waals surface area contributed by atoms with E-state index in [1.54, 1.807) is 0 Å². The van der Waals surface area contributed by atoms with Gasteiger partial charge in [-0.15, -0.1) is 0 Å². The fraction of sp³-hybridized carbons (Fsp3) is 0.444. The number of rotatable bonds is 6. The second-order valence-corrected chi connectivity index (χ2v) is 6.31. The SMILES string of the molecule is CCOc1cc2c(cc1CNC(=O)Cn1ccc(C(F)(F)F)n1)O[C@@H](C)C2. The molecule has 6 nitrogen and oxygen atoms in total. The summed E-state index contributed by atoms with van der Waals surface area (Å²) in [5.41, 5.74) is 0.769. The minimum Gasteiger partial charge on any atom is -0.494 e. The zero-order chi connectivity index (χ0) is 19.6. The van der Waals surface area contributed by atoms with Crippen LogP contribution in [0.1, 0.15) is 30.7 Å². The molecule has 1 aromatic carbocycles. The fourth-order valence-corrected chi connectivity index (χ4v) is 2.91. The monoisotopic (exact) mass is 383 g/mol. The van der Waals surface area contributed by atoms with E-state index in [0.717, 1.165) is 40.2 Å². The Bertz CT molecular complexity index is 833. The summed E-state index contributed by atoms with van der Waals surface area (Å²) in [5, 5.41) is 6.05. The van der Waals surface area contributed by atoms with Gasteiger partial charge in [-0.2, -0.15) is 18.3 Å². The normalized spacial score (nSPS) is 16.0. The molecule has 0 saturated carbocycles. The van der Waals surface area contributed by atoms with E-state index < -0.39 is 17.8 Å². The van der Waals surface area contributed by atoms with Gasteiger partial charge in [-0.25, -0.2) is 0 Å². The molecule has 3 rings (SSSR count). The highest BCUT2D eigenvalue weighted by Crippen LogP contribution is 2.35. The Labute approximate surface area is 154 Å². The highest BCUT2D eigenvalue weighted by molar-refractivity contribution is 5.75. The average Bonchev–Trinajstić information content (AvgIpc) is 3.18. The summed E-state index contributed by atoms with van der Waals surface area (Å²) in [4.78, 5) is 12.1. The Kier molecular flexibility index (Phi) is 5.29. The quantitative estimate of drug-likeness (QED) is 0.833. The number of carbonyl (C=O) groups is 1. The Balaban J connectivity index is 1.65. The van der Waals surface area contributed by atoms with Gasteiger partial charge in [0.25, 0.3) is 0 Å². The zero-order valence-corrected chi connectivity index (χ0v) is 15.0. The summed E-state index contributed by atoms with van der Waals surface area (Å²) in [6, 6.07) is 4.58. The highest BCUT2D eigenvalue weighted by Gasteiger charge is 2.33. The molecule has 2 aromatic rings. The molecular formula is C18H20F3N3O3. The van der Waals surface area contributed by atoms with E-state index in [0.29, 0.717) is 12.4 Å². The first-order chi connectivity index (χ1) is 12.8. The Morgan fingerprint density at radius 1 is 1.44 bits per heavy atom. The fourth-order valence-electron chi connectivity index (χ4n) is 2.91. The van der Waals surface area contributed by atoms with E-state index in [1.807, 2.05) is 26.0 Å². The molecule has 1 amide bonds. The molecule has 2 heterocycles. The van der Waals surface area contributed by atoms with Crippen molar-refractivity contribution in [3.8, 4) is 11.5 Å². The van der Waals surface area contributed by atoms with E-state index >= 15 is 0 Å². The lowest BCUT2D eigenvalue weighted by molar-refractivity contribution is -0.141. The minimum absolute atomic E-state index is 0.0851. The number of fused-ring (bicyclic) bond motifs is 1. The van der Waals surface area contributed by atoms with Gasteiger partial charge in [0, 0.05) is 30.3 Å². The highest BCUT2D eigenvalue weighted by atomic mass is 19.4. The van der Waals surface area contributed by atoms with E-state index in [-0.39, 0.29) is 19.2 Å². The molecule has 1 N–H and O–H groups in total. The van der Waals surface area contributed by atoms with Crippen LogP contribution in [0.5, 0.6) is 11.5 Å². The molecule has 0 spiro atoms. The number of amides is 1. The summed E-state index contributed by atoms with van der Waals surface area (Å²) in [7, 11) is 0. The number of hydrogen-bond acceptors (Lipinski definition) is 4. The molecule has 0 fully saturated rings. The lowest BCUT2D eigenvalue weighted by Crippen LogP contribution is -2.27. The van der Waals surface area contributed by atoms with Gasteiger partial charge in [0.2, 0.25) is 5.91 Å². The molecule has 9 heteroatoms. The largest absolute Gasteiger partial charge is 0.494 e. The molecule has 0 radical (unpaired) electrons. The number of carbonyl (C=O) groups excluding carboxylic acids is 1. The summed E-state index contributed by atoms with van der Waals surface area (Å²) < 4.78 is 50.0. The average molecular weight is 383 g/mol. The molecule has 0 saturated heterocycles. The predicted octanol–water partition coefficient (Wildman–Crippen LogP) is 2.94. The van der Waals surface area contributed by atoms with Crippen LogP contribution >= 0.6 is 0 Å². The lowest BCUT2D eigenvalue weighted by Gasteiger charge is -2.13. The minimum atomic E-state index is -4.53. The van der Waals surface area contributed by atoms with E-state index in [2.05, 4.69) is 10.4 Å². The number of halogens is 3. The number of hydrogen-bond donors (Lipinski definition) is 1. The zero-order valence-electron chi connectivity index (χ0n) is 15.0. The third-order valence-corrected chi connectivity index (χ3v) is 4.09. The molecule has 1 aliphatic heterocycles. The topological polar surface area (TPSA) is 65.4 Å². The summed E-state index contributed by atoms with van der Waals surface area (Å²) in [6.45, 7) is 4.18. The Morgan fingerprint density at radius 2 is 2.22 bits per heavy atom. The number of nitrogens with zero attached hydrogens (tertiary/aromatic N) is 2. The molecular weight excluding hydrogens is 363 g/mol. The molecule has 0 aliphatic carbocycles. The first-order valence-corrected chi connectivity index (χ1v) is 8.59. The van der Waals surface area contributed by atoms with E-state index in [1.165, 1.54) is 0 Å². The third-order valence-electron chi connectivity index (χ3n) is 4.09. The van der Waals surface area contributed by atoms with Crippen LogP contribution < -0.4 is 14.8 Å². The molecule has 1 aliphatic rings. The predicted molar refractivity (Wildman–Crippen MR) is 90.5 cm³/mol. The van der Waals surface area contributed by atoms with E-state index in [9.17, 15) is 18.0 Å². The van der Waals surface area contributed by atoms with Crippen molar-refractivity contribution in [2.45, 2.75) is 45.6 Å². The van der Waals surface area contributed by atoms with Crippen LogP contribution in [0, 0.1) is 0 Å². The van der Waals surface area contributed by atoms with Crippen LogP contribution in [0.4, 0.5) is 13.2 Å². The van der Waals surface area contributed by atoms with Crippen molar-refractivity contribution in [3.63, 3.8) is 0 Å². The number of benzene rings is 1. The van der Waals surface area contributed by atoms with Gasteiger partial charge >= 0.3 is 6.18 Å². The van der Waals surface area contributed by atoms with Crippen molar-refractivity contribution in [2.75, 3.05) is 6.61 Å². The molecule has 1 aromatic heterocycles. The number of aromatic nitrogens is 2. The summed E-state index contributed by atoms with van der Waals surface area (Å²) in [6.07, 6.45) is -2.53. The second kappa shape index (κ2) is 7.50. The van der Waals surface area contributed by atoms with Gasteiger partial charge in [0.1, 0.15) is 24.1 Å². The van der Waals surface area contributed by atoms with Crippen molar-refractivity contribution < 1.29 is 27.4 Å². The van der Waals surface area contributed by atoms with Gasteiger partial charge in [0.15, 0.2) is 5.69 Å². The van der Waals surface area contributed by atoms with Gasteiger partial charge in [0.05, 0.1) is 6.61 Å². The van der Waals surface area contributed by atoms with Crippen LogP contribution in [-0.4, -0.2) is 28.4 Å². The van der Waals surface area contributed by atoms with Gasteiger partial charge < -0.3 is 14.8 Å². The third kappa shape index (κ3) is 4.53. The molecule has 146 valence electrons. The lowest BCUT2D eigenvalue weighted by atomic mass is 10.1. The van der Waals surface area contributed by atoms with Crippen molar-refractivity contribution >= 4 is 5.91 Å².